The van der Waals surface area contributed by atoms with Crippen molar-refractivity contribution in [3.63, 3.8) is 0 Å². The maximum atomic E-state index is 11.6. The van der Waals surface area contributed by atoms with E-state index in [9.17, 15) is 10.1 Å². The van der Waals surface area contributed by atoms with E-state index in [1.54, 1.807) is 0 Å². The van der Waals surface area contributed by atoms with Crippen LogP contribution in [-0.4, -0.2) is 52.5 Å². The van der Waals surface area contributed by atoms with E-state index >= 15 is 0 Å². The van der Waals surface area contributed by atoms with Gasteiger partial charge in [0.05, 0.1) is 4.92 Å². The maximum absolute atomic E-state index is 11.6. The molecule has 28 heavy (non-hydrogen) atoms. The topological polar surface area (TPSA) is 113 Å². The Kier molecular flexibility index (Phi) is 6.25. The lowest BCUT2D eigenvalue weighted by Crippen LogP contribution is -2.46. The fraction of sp³-hybridized carbons (Fsp3) is 0.474. The molecule has 2 heterocycles. The van der Waals surface area contributed by atoms with Crippen LogP contribution < -0.4 is 16.0 Å². The molecular formula is C19H27N7O2. The lowest BCUT2D eigenvalue weighted by molar-refractivity contribution is -0.383. The van der Waals surface area contributed by atoms with Crippen molar-refractivity contribution in [2.75, 3.05) is 48.7 Å². The van der Waals surface area contributed by atoms with E-state index in [1.165, 1.54) is 5.56 Å². The third-order valence-electron chi connectivity index (χ3n) is 4.66. The minimum Gasteiger partial charge on any atom is -0.378 e. The van der Waals surface area contributed by atoms with Crippen LogP contribution in [0.5, 0.6) is 0 Å². The van der Waals surface area contributed by atoms with Crippen LogP contribution in [0.2, 0.25) is 0 Å². The Labute approximate surface area is 164 Å². The van der Waals surface area contributed by atoms with Crippen molar-refractivity contribution in [2.45, 2.75) is 20.4 Å². The molecule has 1 aromatic heterocycles. The summed E-state index contributed by atoms with van der Waals surface area (Å²) in [6.07, 6.45) is 0. The van der Waals surface area contributed by atoms with Crippen molar-refractivity contribution in [2.24, 2.45) is 5.92 Å². The second-order valence-electron chi connectivity index (χ2n) is 7.39. The molecule has 0 amide bonds. The van der Waals surface area contributed by atoms with Gasteiger partial charge in [-0.15, -0.1) is 0 Å². The number of nitro groups is 1. The van der Waals surface area contributed by atoms with Crippen molar-refractivity contribution in [3.8, 4) is 0 Å². The van der Waals surface area contributed by atoms with Crippen molar-refractivity contribution in [1.29, 1.82) is 0 Å². The minimum absolute atomic E-state index is 0.104. The molecule has 0 saturated carbocycles. The summed E-state index contributed by atoms with van der Waals surface area (Å²) in [6, 6.07) is 10.3. The molecule has 1 saturated heterocycles. The van der Waals surface area contributed by atoms with Gasteiger partial charge in [0.15, 0.2) is 0 Å². The molecule has 3 N–H and O–H groups in total. The van der Waals surface area contributed by atoms with Crippen LogP contribution in [-0.2, 0) is 6.54 Å². The number of anilines is 3. The van der Waals surface area contributed by atoms with Gasteiger partial charge in [0.1, 0.15) is 0 Å². The van der Waals surface area contributed by atoms with Gasteiger partial charge in [-0.2, -0.15) is 9.97 Å². The Hall–Kier alpha value is -2.94. The molecule has 0 bridgehead atoms. The molecule has 1 aromatic carbocycles. The van der Waals surface area contributed by atoms with Gasteiger partial charge in [-0.25, -0.2) is 0 Å². The molecule has 0 radical (unpaired) electrons. The Morgan fingerprint density at radius 3 is 2.46 bits per heavy atom. The van der Waals surface area contributed by atoms with E-state index in [-0.39, 0.29) is 11.5 Å². The average Bonchev–Trinajstić information content (AvgIpc) is 2.67. The van der Waals surface area contributed by atoms with Crippen molar-refractivity contribution in [1.82, 2.24) is 14.9 Å². The molecular weight excluding hydrogens is 358 g/mol. The number of nitrogens with one attached hydrogen (secondary N) is 1. The summed E-state index contributed by atoms with van der Waals surface area (Å²) in [5.74, 6) is 0.916. The molecule has 1 aliphatic heterocycles. The zero-order valence-corrected chi connectivity index (χ0v) is 16.3. The lowest BCUT2D eigenvalue weighted by Gasteiger charge is -2.35. The molecule has 2 aromatic rings. The highest BCUT2D eigenvalue weighted by molar-refractivity contribution is 5.71. The Bertz CT molecular complexity index is 805. The zero-order valence-electron chi connectivity index (χ0n) is 16.3. The molecule has 150 valence electrons. The second-order valence-corrected chi connectivity index (χ2v) is 7.39. The fourth-order valence-corrected chi connectivity index (χ4v) is 3.19. The number of hydrogen-bond acceptors (Lipinski definition) is 8. The van der Waals surface area contributed by atoms with Gasteiger partial charge in [0, 0.05) is 39.3 Å². The molecule has 0 unspecified atom stereocenters. The van der Waals surface area contributed by atoms with Crippen LogP contribution in [0.4, 0.5) is 23.3 Å². The summed E-state index contributed by atoms with van der Waals surface area (Å²) in [7, 11) is 0. The number of hydrogen-bond donors (Lipinski definition) is 2. The second kappa shape index (κ2) is 8.83. The highest BCUT2D eigenvalue weighted by Gasteiger charge is 2.29. The maximum Gasteiger partial charge on any atom is 0.353 e. The monoisotopic (exact) mass is 385 g/mol. The number of piperazine rings is 1. The Balaban J connectivity index is 1.74. The first kappa shape index (κ1) is 19.8. The number of benzene rings is 1. The molecule has 1 aliphatic rings. The van der Waals surface area contributed by atoms with E-state index in [0.29, 0.717) is 37.3 Å². The van der Waals surface area contributed by atoms with Gasteiger partial charge in [0.2, 0.25) is 17.6 Å². The summed E-state index contributed by atoms with van der Waals surface area (Å²) in [6.45, 7) is 8.55. The van der Waals surface area contributed by atoms with Gasteiger partial charge in [-0.1, -0.05) is 44.2 Å². The largest absolute Gasteiger partial charge is 0.378 e. The summed E-state index contributed by atoms with van der Waals surface area (Å²) in [5, 5.41) is 14.7. The number of aromatic nitrogens is 2. The lowest BCUT2D eigenvalue weighted by atomic mass is 10.2. The summed E-state index contributed by atoms with van der Waals surface area (Å²) in [5.41, 5.74) is 6.94. The van der Waals surface area contributed by atoms with E-state index < -0.39 is 4.92 Å². The minimum atomic E-state index is -0.493. The third-order valence-corrected chi connectivity index (χ3v) is 4.66. The third kappa shape index (κ3) is 4.86. The first-order chi connectivity index (χ1) is 13.4. The van der Waals surface area contributed by atoms with Gasteiger partial charge in [-0.05, 0) is 11.5 Å². The molecule has 0 atom stereocenters. The van der Waals surface area contributed by atoms with Gasteiger partial charge in [-0.3, -0.25) is 15.0 Å². The van der Waals surface area contributed by atoms with Crippen LogP contribution in [0, 0.1) is 16.0 Å². The molecule has 1 fully saturated rings. The smallest absolute Gasteiger partial charge is 0.353 e. The molecule has 9 nitrogen and oxygen atoms in total. The standard InChI is InChI=1S/C19H27N7O2/c1-14(2)12-21-19-22-17(20)16(26(27)28)18(23-19)25-10-8-24(9-11-25)13-15-6-4-3-5-7-15/h3-7,14H,8-13H2,1-2H3,(H3,20,21,22,23). The summed E-state index contributed by atoms with van der Waals surface area (Å²) < 4.78 is 0. The normalized spacial score (nSPS) is 15.0. The van der Waals surface area contributed by atoms with Gasteiger partial charge in [0.25, 0.3) is 0 Å². The molecule has 0 spiro atoms. The SMILES string of the molecule is CC(C)CNc1nc(N)c([N+](=O)[O-])c(N2CCN(Cc3ccccc3)CC2)n1. The van der Waals surface area contributed by atoms with Crippen LogP contribution in [0.1, 0.15) is 19.4 Å². The van der Waals surface area contributed by atoms with Crippen molar-refractivity contribution < 1.29 is 4.92 Å². The summed E-state index contributed by atoms with van der Waals surface area (Å²) >= 11 is 0. The molecule has 9 heteroatoms. The van der Waals surface area contributed by atoms with E-state index in [1.807, 2.05) is 23.1 Å². The van der Waals surface area contributed by atoms with E-state index in [4.69, 9.17) is 5.73 Å². The zero-order chi connectivity index (χ0) is 20.1. The highest BCUT2D eigenvalue weighted by Crippen LogP contribution is 2.32. The molecule has 0 aliphatic carbocycles. The quantitative estimate of drug-likeness (QED) is 0.551. The summed E-state index contributed by atoms with van der Waals surface area (Å²) in [4.78, 5) is 23.8. The molecule has 3 rings (SSSR count). The van der Waals surface area contributed by atoms with Crippen LogP contribution in [0.3, 0.4) is 0 Å². The number of nitrogens with zero attached hydrogens (tertiary/aromatic N) is 5. The fourth-order valence-electron chi connectivity index (χ4n) is 3.19. The van der Waals surface area contributed by atoms with E-state index in [0.717, 1.165) is 19.6 Å². The van der Waals surface area contributed by atoms with Gasteiger partial charge >= 0.3 is 5.69 Å². The first-order valence-corrected chi connectivity index (χ1v) is 9.51. The Morgan fingerprint density at radius 2 is 1.86 bits per heavy atom. The van der Waals surface area contributed by atoms with E-state index in [2.05, 4.69) is 46.2 Å². The van der Waals surface area contributed by atoms with Crippen LogP contribution in [0.25, 0.3) is 0 Å². The number of nitrogens with two attached hydrogens (primary N) is 1. The van der Waals surface area contributed by atoms with Crippen LogP contribution in [0.15, 0.2) is 30.3 Å². The van der Waals surface area contributed by atoms with Crippen LogP contribution >= 0.6 is 0 Å². The number of nitrogen functional groups attached to an aromatic ring is 1. The van der Waals surface area contributed by atoms with Gasteiger partial charge < -0.3 is 16.0 Å². The van der Waals surface area contributed by atoms with Crippen molar-refractivity contribution in [3.05, 3.63) is 46.0 Å². The Morgan fingerprint density at radius 1 is 1.18 bits per heavy atom. The predicted octanol–water partition coefficient (Wildman–Crippen LogP) is 2.36. The average molecular weight is 385 g/mol. The highest BCUT2D eigenvalue weighted by atomic mass is 16.6. The first-order valence-electron chi connectivity index (χ1n) is 9.51. The predicted molar refractivity (Wildman–Crippen MR) is 110 cm³/mol. The number of rotatable bonds is 7. The van der Waals surface area contributed by atoms with Crippen molar-refractivity contribution >= 4 is 23.3 Å².